The van der Waals surface area contributed by atoms with Crippen LogP contribution in [0.25, 0.3) is 5.57 Å². The zero-order chi connectivity index (χ0) is 19.1. The maximum atomic E-state index is 12.5. The van der Waals surface area contributed by atoms with Gasteiger partial charge in [0.25, 0.3) is 5.91 Å². The summed E-state index contributed by atoms with van der Waals surface area (Å²) < 4.78 is 1.20. The molecule has 8 heteroatoms. The fraction of sp³-hybridized carbons (Fsp3) is 0.105. The molecule has 3 aromatic rings. The van der Waals surface area contributed by atoms with E-state index >= 15 is 0 Å². The molecule has 7 nitrogen and oxygen atoms in total. The fourth-order valence-electron chi connectivity index (χ4n) is 2.97. The van der Waals surface area contributed by atoms with E-state index in [1.807, 2.05) is 0 Å². The number of nitrogens with zero attached hydrogens (tertiary/aromatic N) is 3. The van der Waals surface area contributed by atoms with E-state index in [-0.39, 0.29) is 33.6 Å². The first-order valence-electron chi connectivity index (χ1n) is 8.11. The highest BCUT2D eigenvalue weighted by molar-refractivity contribution is 7.11. The van der Waals surface area contributed by atoms with Crippen LogP contribution in [0.2, 0.25) is 0 Å². The molecule has 0 bridgehead atoms. The average Bonchev–Trinajstić information content (AvgIpc) is 3.12. The van der Waals surface area contributed by atoms with Gasteiger partial charge < -0.3 is 15.1 Å². The molecule has 2 aromatic carbocycles. The average molecular weight is 381 g/mol. The molecule has 1 aliphatic rings. The molecule has 27 heavy (non-hydrogen) atoms. The summed E-state index contributed by atoms with van der Waals surface area (Å²) in [6.45, 7) is 0.0895. The highest BCUT2D eigenvalue weighted by Gasteiger charge is 2.26. The van der Waals surface area contributed by atoms with Crippen LogP contribution in [0, 0.1) is 0 Å². The summed E-state index contributed by atoms with van der Waals surface area (Å²) in [6, 6.07) is 13.5. The van der Waals surface area contributed by atoms with E-state index in [1.54, 1.807) is 60.5 Å². The molecule has 1 aromatic heterocycles. The maximum Gasteiger partial charge on any atom is 0.312 e. The lowest BCUT2D eigenvalue weighted by Crippen LogP contribution is -2.26. The monoisotopic (exact) mass is 381 g/mol. The van der Waals surface area contributed by atoms with Crippen molar-refractivity contribution < 1.29 is 15.0 Å². The van der Waals surface area contributed by atoms with Crippen LogP contribution < -0.4 is 20.3 Å². The Kier molecular flexibility index (Phi) is 4.04. The van der Waals surface area contributed by atoms with Crippen LogP contribution in [0.3, 0.4) is 0 Å². The Bertz CT molecular complexity index is 1230. The van der Waals surface area contributed by atoms with Crippen molar-refractivity contribution in [3.63, 3.8) is 0 Å². The van der Waals surface area contributed by atoms with Crippen molar-refractivity contribution in [3.8, 4) is 11.6 Å². The van der Waals surface area contributed by atoms with Crippen molar-refractivity contribution in [1.82, 2.24) is 4.57 Å². The van der Waals surface area contributed by atoms with Crippen LogP contribution in [0.4, 0.5) is 5.69 Å². The van der Waals surface area contributed by atoms with Crippen LogP contribution in [0.15, 0.2) is 58.3 Å². The Balaban J connectivity index is 1.76. The molecule has 0 saturated carbocycles. The standard InChI is InChI=1S/C19H15N3O4S/c1-21(11-6-8-12(23)9-7-11)10-22-18(25)16(27-19(22)26)15-13-4-2-3-5-14(13)20-17(15)24/h2-9,23,25H,10H2,1H3. The van der Waals surface area contributed by atoms with Gasteiger partial charge >= 0.3 is 4.87 Å². The molecular formula is C19H15N3O4S. The van der Waals surface area contributed by atoms with Crippen molar-refractivity contribution >= 4 is 28.5 Å². The zero-order valence-corrected chi connectivity index (χ0v) is 15.1. The van der Waals surface area contributed by atoms with Gasteiger partial charge in [0.15, 0.2) is 0 Å². The number of thiazole rings is 1. The first-order chi connectivity index (χ1) is 13.0. The molecule has 4 rings (SSSR count). The quantitative estimate of drug-likeness (QED) is 0.696. The summed E-state index contributed by atoms with van der Waals surface area (Å²) in [4.78, 5) is 30.4. The number of carbonyl (C=O) groups excluding carboxylic acids is 1. The number of phenolic OH excluding ortho intramolecular Hbond substituents is 1. The molecule has 0 radical (unpaired) electrons. The Morgan fingerprint density at radius 3 is 2.52 bits per heavy atom. The molecule has 0 atom stereocenters. The molecule has 2 heterocycles. The number of fused-ring (bicyclic) bond motifs is 1. The number of anilines is 1. The minimum absolute atomic E-state index is 0.0895. The molecule has 0 unspecified atom stereocenters. The first-order valence-corrected chi connectivity index (χ1v) is 8.93. The summed E-state index contributed by atoms with van der Waals surface area (Å²) in [5.41, 5.74) is 1.01. The van der Waals surface area contributed by atoms with Crippen LogP contribution in [-0.2, 0) is 11.5 Å². The first kappa shape index (κ1) is 17.0. The van der Waals surface area contributed by atoms with Crippen molar-refractivity contribution in [3.05, 3.63) is 73.7 Å². The van der Waals surface area contributed by atoms with Gasteiger partial charge in [-0.15, -0.1) is 0 Å². The number of aromatic hydroxyl groups is 2. The minimum Gasteiger partial charge on any atom is -0.508 e. The molecule has 0 saturated heterocycles. The van der Waals surface area contributed by atoms with Crippen molar-refractivity contribution in [2.75, 3.05) is 11.9 Å². The third-order valence-electron chi connectivity index (χ3n) is 4.35. The number of hydrogen-bond acceptors (Lipinski definition) is 6. The zero-order valence-electron chi connectivity index (χ0n) is 14.3. The van der Waals surface area contributed by atoms with E-state index in [4.69, 9.17) is 0 Å². The van der Waals surface area contributed by atoms with Crippen molar-refractivity contribution in [2.24, 2.45) is 4.99 Å². The third kappa shape index (κ3) is 2.89. The Morgan fingerprint density at radius 2 is 1.78 bits per heavy atom. The van der Waals surface area contributed by atoms with Crippen LogP contribution in [0.1, 0.15) is 4.88 Å². The van der Waals surface area contributed by atoms with Gasteiger partial charge in [0.1, 0.15) is 17.3 Å². The summed E-state index contributed by atoms with van der Waals surface area (Å²) in [5, 5.41) is 21.2. The molecule has 1 aliphatic heterocycles. The van der Waals surface area contributed by atoms with Gasteiger partial charge in [-0.1, -0.05) is 29.5 Å². The van der Waals surface area contributed by atoms with E-state index in [1.165, 1.54) is 4.57 Å². The van der Waals surface area contributed by atoms with Gasteiger partial charge in [0.2, 0.25) is 5.88 Å². The summed E-state index contributed by atoms with van der Waals surface area (Å²) in [6.07, 6.45) is 0. The van der Waals surface area contributed by atoms with Crippen LogP contribution >= 0.6 is 11.3 Å². The third-order valence-corrected chi connectivity index (χ3v) is 5.33. The number of aromatic nitrogens is 1. The number of para-hydroxylation sites is 1. The molecule has 0 spiro atoms. The van der Waals surface area contributed by atoms with E-state index < -0.39 is 5.91 Å². The Morgan fingerprint density at radius 1 is 1.07 bits per heavy atom. The molecule has 0 fully saturated rings. The van der Waals surface area contributed by atoms with Gasteiger partial charge in [-0.2, -0.15) is 0 Å². The van der Waals surface area contributed by atoms with Gasteiger partial charge in [0.05, 0.1) is 10.9 Å². The number of phenols is 1. The van der Waals surface area contributed by atoms with E-state index in [0.29, 0.717) is 10.6 Å². The second-order valence-electron chi connectivity index (χ2n) is 6.11. The molecule has 0 aliphatic carbocycles. The SMILES string of the molecule is CN(Cn1c(O)c(C2=c3ccccc3=NC2=O)sc1=O)c1ccc(O)cc1. The maximum absolute atomic E-state index is 12.5. The van der Waals surface area contributed by atoms with E-state index in [0.717, 1.165) is 17.0 Å². The number of rotatable bonds is 4. The number of benzene rings is 2. The lowest BCUT2D eigenvalue weighted by Gasteiger charge is -2.19. The predicted molar refractivity (Wildman–Crippen MR) is 101 cm³/mol. The second kappa shape index (κ2) is 6.40. The predicted octanol–water partition coefficient (Wildman–Crippen LogP) is 0.774. The largest absolute Gasteiger partial charge is 0.508 e. The van der Waals surface area contributed by atoms with Gasteiger partial charge in [-0.25, -0.2) is 4.99 Å². The van der Waals surface area contributed by atoms with Crippen molar-refractivity contribution in [1.29, 1.82) is 0 Å². The topological polar surface area (TPSA) is 95.1 Å². The lowest BCUT2D eigenvalue weighted by molar-refractivity contribution is -0.112. The fourth-order valence-corrected chi connectivity index (χ4v) is 3.90. The smallest absolute Gasteiger partial charge is 0.312 e. The van der Waals surface area contributed by atoms with Crippen LogP contribution in [-0.4, -0.2) is 27.7 Å². The van der Waals surface area contributed by atoms with Crippen molar-refractivity contribution in [2.45, 2.75) is 6.67 Å². The number of carbonyl (C=O) groups is 1. The summed E-state index contributed by atoms with van der Waals surface area (Å²) >= 11 is 0.818. The van der Waals surface area contributed by atoms with Gasteiger partial charge in [-0.05, 0) is 30.3 Å². The molecule has 2 N–H and O–H groups in total. The number of amides is 1. The normalized spacial score (nSPS) is 12.8. The minimum atomic E-state index is -0.466. The highest BCUT2D eigenvalue weighted by Crippen LogP contribution is 2.29. The summed E-state index contributed by atoms with van der Waals surface area (Å²) in [7, 11) is 1.76. The second-order valence-corrected chi connectivity index (χ2v) is 7.08. The Hall–Kier alpha value is -3.39. The van der Waals surface area contributed by atoms with Gasteiger partial charge in [0, 0.05) is 18.0 Å². The number of hydrogen-bond donors (Lipinski definition) is 2. The van der Waals surface area contributed by atoms with Gasteiger partial charge in [-0.3, -0.25) is 14.2 Å². The summed E-state index contributed by atoms with van der Waals surface area (Å²) in [5.74, 6) is -0.582. The van der Waals surface area contributed by atoms with E-state index in [2.05, 4.69) is 4.99 Å². The van der Waals surface area contributed by atoms with E-state index in [9.17, 15) is 19.8 Å². The molecule has 1 amide bonds. The Labute approximate surface area is 157 Å². The molecular weight excluding hydrogens is 366 g/mol. The molecule has 136 valence electrons. The van der Waals surface area contributed by atoms with Crippen LogP contribution in [0.5, 0.6) is 11.6 Å². The lowest BCUT2D eigenvalue weighted by atomic mass is 10.1. The highest BCUT2D eigenvalue weighted by atomic mass is 32.1.